The van der Waals surface area contributed by atoms with Crippen LogP contribution in [0.2, 0.25) is 0 Å². The van der Waals surface area contributed by atoms with Crippen molar-refractivity contribution in [1.82, 2.24) is 0 Å². The SMILES string of the molecule is CCC.CN.O=C(O)CCc1ccccc1. The van der Waals surface area contributed by atoms with Crippen molar-refractivity contribution in [2.24, 2.45) is 5.73 Å². The van der Waals surface area contributed by atoms with E-state index in [0.717, 1.165) is 5.56 Å². The Morgan fingerprint density at radius 3 is 2.00 bits per heavy atom. The first kappa shape index (κ1) is 17.1. The lowest BCUT2D eigenvalue weighted by Crippen LogP contribution is -1.96. The van der Waals surface area contributed by atoms with E-state index in [1.54, 1.807) is 0 Å². The van der Waals surface area contributed by atoms with Crippen molar-refractivity contribution < 1.29 is 9.90 Å². The Hall–Kier alpha value is -1.35. The molecule has 0 unspecified atom stereocenters. The van der Waals surface area contributed by atoms with Gasteiger partial charge in [-0.1, -0.05) is 50.6 Å². The van der Waals surface area contributed by atoms with Gasteiger partial charge in [0.25, 0.3) is 0 Å². The first-order chi connectivity index (χ1) is 7.70. The minimum Gasteiger partial charge on any atom is -0.481 e. The summed E-state index contributed by atoms with van der Waals surface area (Å²) >= 11 is 0. The minimum atomic E-state index is -0.742. The Kier molecular flexibility index (Phi) is 14.6. The van der Waals surface area contributed by atoms with Gasteiger partial charge in [-0.25, -0.2) is 0 Å². The Labute approximate surface area is 98.3 Å². The van der Waals surface area contributed by atoms with E-state index in [1.165, 1.54) is 13.5 Å². The maximum absolute atomic E-state index is 10.2. The van der Waals surface area contributed by atoms with Crippen LogP contribution in [0.5, 0.6) is 0 Å². The first-order valence-electron chi connectivity index (χ1n) is 5.54. The molecule has 0 spiro atoms. The molecule has 3 N–H and O–H groups in total. The van der Waals surface area contributed by atoms with Gasteiger partial charge < -0.3 is 10.8 Å². The van der Waals surface area contributed by atoms with Gasteiger partial charge in [0, 0.05) is 6.42 Å². The highest BCUT2D eigenvalue weighted by atomic mass is 16.4. The van der Waals surface area contributed by atoms with Crippen molar-refractivity contribution >= 4 is 5.97 Å². The van der Waals surface area contributed by atoms with Crippen molar-refractivity contribution in [3.8, 4) is 0 Å². The normalized spacial score (nSPS) is 8.00. The summed E-state index contributed by atoms with van der Waals surface area (Å²) < 4.78 is 0. The maximum atomic E-state index is 10.2. The summed E-state index contributed by atoms with van der Waals surface area (Å²) in [5, 5.41) is 8.37. The van der Waals surface area contributed by atoms with Crippen molar-refractivity contribution in [3.63, 3.8) is 0 Å². The molecule has 0 aliphatic heterocycles. The number of nitrogens with two attached hydrogens (primary N) is 1. The van der Waals surface area contributed by atoms with Gasteiger partial charge in [0.1, 0.15) is 0 Å². The molecule has 0 aliphatic carbocycles. The van der Waals surface area contributed by atoms with Gasteiger partial charge in [-0.3, -0.25) is 4.79 Å². The number of benzene rings is 1. The molecule has 0 fully saturated rings. The summed E-state index contributed by atoms with van der Waals surface area (Å²) in [4.78, 5) is 10.2. The summed E-state index contributed by atoms with van der Waals surface area (Å²) in [5.41, 5.74) is 5.58. The summed E-state index contributed by atoms with van der Waals surface area (Å²) in [6, 6.07) is 9.62. The highest BCUT2D eigenvalue weighted by Crippen LogP contribution is 2.01. The third-order valence-electron chi connectivity index (χ3n) is 1.47. The molecule has 1 aromatic carbocycles. The summed E-state index contributed by atoms with van der Waals surface area (Å²) in [6.07, 6.45) is 2.08. The van der Waals surface area contributed by atoms with Gasteiger partial charge >= 0.3 is 5.97 Å². The molecule has 0 amide bonds. The molecule has 0 radical (unpaired) electrons. The quantitative estimate of drug-likeness (QED) is 0.831. The number of hydrogen-bond donors (Lipinski definition) is 2. The van der Waals surface area contributed by atoms with Gasteiger partial charge in [0.05, 0.1) is 0 Å². The van der Waals surface area contributed by atoms with Crippen LogP contribution in [0.25, 0.3) is 0 Å². The Balaban J connectivity index is 0. The van der Waals surface area contributed by atoms with Crippen LogP contribution in [0.15, 0.2) is 30.3 Å². The number of rotatable bonds is 3. The lowest BCUT2D eigenvalue weighted by Gasteiger charge is -1.95. The van der Waals surface area contributed by atoms with Gasteiger partial charge in [-0.2, -0.15) is 0 Å². The van der Waals surface area contributed by atoms with Crippen LogP contribution in [0.1, 0.15) is 32.3 Å². The average Bonchev–Trinajstić information content (AvgIpc) is 2.31. The van der Waals surface area contributed by atoms with E-state index in [1.807, 2.05) is 30.3 Å². The maximum Gasteiger partial charge on any atom is 0.303 e. The predicted octanol–water partition coefficient (Wildman–Crippen LogP) is 2.70. The zero-order valence-corrected chi connectivity index (χ0v) is 10.4. The Morgan fingerprint density at radius 2 is 1.62 bits per heavy atom. The number of hydrogen-bond acceptors (Lipinski definition) is 2. The van der Waals surface area contributed by atoms with Crippen molar-refractivity contribution in [2.45, 2.75) is 33.1 Å². The summed E-state index contributed by atoms with van der Waals surface area (Å²) in [5.74, 6) is -0.742. The van der Waals surface area contributed by atoms with E-state index >= 15 is 0 Å². The molecular weight excluding hydrogens is 202 g/mol. The largest absolute Gasteiger partial charge is 0.481 e. The van der Waals surface area contributed by atoms with Gasteiger partial charge in [0.2, 0.25) is 0 Å². The smallest absolute Gasteiger partial charge is 0.303 e. The minimum absolute atomic E-state index is 0.212. The van der Waals surface area contributed by atoms with Gasteiger partial charge in [-0.15, -0.1) is 0 Å². The molecule has 1 rings (SSSR count). The van der Waals surface area contributed by atoms with Crippen LogP contribution in [0.3, 0.4) is 0 Å². The van der Waals surface area contributed by atoms with E-state index in [4.69, 9.17) is 5.11 Å². The second-order valence-electron chi connectivity index (χ2n) is 3.09. The Morgan fingerprint density at radius 1 is 1.19 bits per heavy atom. The lowest BCUT2D eigenvalue weighted by atomic mass is 10.1. The Bertz CT molecular complexity index is 247. The molecular formula is C13H23NO2. The van der Waals surface area contributed by atoms with Crippen molar-refractivity contribution in [3.05, 3.63) is 35.9 Å². The highest BCUT2D eigenvalue weighted by Gasteiger charge is 1.96. The fourth-order valence-electron chi connectivity index (χ4n) is 0.896. The average molecular weight is 225 g/mol. The van der Waals surface area contributed by atoms with Crippen LogP contribution in [0.4, 0.5) is 0 Å². The molecule has 0 bridgehead atoms. The summed E-state index contributed by atoms with van der Waals surface area (Å²) in [6.45, 7) is 4.25. The molecule has 0 aliphatic rings. The number of aryl methyl sites for hydroxylation is 1. The lowest BCUT2D eigenvalue weighted by molar-refractivity contribution is -0.136. The number of carbonyl (C=O) groups is 1. The highest BCUT2D eigenvalue weighted by molar-refractivity contribution is 5.67. The number of carboxylic acids is 1. The standard InChI is InChI=1S/C9H10O2.C3H8.CH5N/c10-9(11)7-6-8-4-2-1-3-5-8;1-3-2;1-2/h1-5H,6-7H2,(H,10,11);3H2,1-2H3;2H2,1H3. The number of carboxylic acid groups (broad SMARTS) is 1. The van der Waals surface area contributed by atoms with E-state index in [9.17, 15) is 4.79 Å². The molecule has 1 aromatic rings. The van der Waals surface area contributed by atoms with Crippen molar-refractivity contribution in [1.29, 1.82) is 0 Å². The first-order valence-corrected chi connectivity index (χ1v) is 5.54. The molecule has 3 heteroatoms. The molecule has 0 saturated heterocycles. The van der Waals surface area contributed by atoms with E-state index in [-0.39, 0.29) is 6.42 Å². The zero-order valence-electron chi connectivity index (χ0n) is 10.4. The van der Waals surface area contributed by atoms with Gasteiger partial charge in [0.15, 0.2) is 0 Å². The zero-order chi connectivity index (χ0) is 12.8. The molecule has 0 aromatic heterocycles. The third kappa shape index (κ3) is 12.7. The molecule has 0 atom stereocenters. The third-order valence-corrected chi connectivity index (χ3v) is 1.47. The predicted molar refractivity (Wildman–Crippen MR) is 68.5 cm³/mol. The van der Waals surface area contributed by atoms with Gasteiger partial charge in [-0.05, 0) is 19.0 Å². The molecule has 92 valence electrons. The fraction of sp³-hybridized carbons (Fsp3) is 0.462. The van der Waals surface area contributed by atoms with Crippen LogP contribution in [-0.4, -0.2) is 18.1 Å². The fourth-order valence-corrected chi connectivity index (χ4v) is 0.896. The number of aliphatic carboxylic acids is 1. The monoisotopic (exact) mass is 225 g/mol. The van der Waals surface area contributed by atoms with E-state index in [2.05, 4.69) is 19.6 Å². The second-order valence-corrected chi connectivity index (χ2v) is 3.09. The molecule has 16 heavy (non-hydrogen) atoms. The second kappa shape index (κ2) is 13.7. The van der Waals surface area contributed by atoms with Crippen LogP contribution >= 0.6 is 0 Å². The topological polar surface area (TPSA) is 63.3 Å². The van der Waals surface area contributed by atoms with E-state index in [0.29, 0.717) is 6.42 Å². The van der Waals surface area contributed by atoms with Crippen LogP contribution in [-0.2, 0) is 11.2 Å². The summed E-state index contributed by atoms with van der Waals surface area (Å²) in [7, 11) is 1.50. The molecule has 0 heterocycles. The van der Waals surface area contributed by atoms with E-state index < -0.39 is 5.97 Å². The van der Waals surface area contributed by atoms with Crippen LogP contribution < -0.4 is 5.73 Å². The molecule has 3 nitrogen and oxygen atoms in total. The van der Waals surface area contributed by atoms with Crippen molar-refractivity contribution in [2.75, 3.05) is 7.05 Å². The van der Waals surface area contributed by atoms with Crippen LogP contribution in [0, 0.1) is 0 Å². The molecule has 0 saturated carbocycles.